The second-order valence-corrected chi connectivity index (χ2v) is 5.60. The molecule has 1 atom stereocenters. The van der Waals surface area contributed by atoms with Gasteiger partial charge in [0.15, 0.2) is 0 Å². The Balaban J connectivity index is 2.20. The SMILES string of the molecule is CCNC(Cc1csc(C)n1)c1cc(C)oc1C. The van der Waals surface area contributed by atoms with Crippen LogP contribution in [0.5, 0.6) is 0 Å². The Morgan fingerprint density at radius 3 is 2.67 bits per heavy atom. The number of likely N-dealkylation sites (N-methyl/N-ethyl adjacent to an activating group) is 1. The molecule has 0 aliphatic heterocycles. The van der Waals surface area contributed by atoms with E-state index >= 15 is 0 Å². The number of hydrogen-bond donors (Lipinski definition) is 1. The second kappa shape index (κ2) is 5.67. The second-order valence-electron chi connectivity index (χ2n) is 4.54. The predicted molar refractivity (Wildman–Crippen MR) is 75.2 cm³/mol. The molecular formula is C14H20N2OS. The highest BCUT2D eigenvalue weighted by molar-refractivity contribution is 7.09. The molecule has 2 heterocycles. The number of hydrogen-bond acceptors (Lipinski definition) is 4. The van der Waals surface area contributed by atoms with Crippen molar-refractivity contribution in [1.29, 1.82) is 0 Å². The molecule has 0 aromatic carbocycles. The lowest BCUT2D eigenvalue weighted by molar-refractivity contribution is 0.483. The fourth-order valence-corrected chi connectivity index (χ4v) is 2.87. The molecule has 0 aliphatic rings. The summed E-state index contributed by atoms with van der Waals surface area (Å²) in [6.07, 6.45) is 0.915. The maximum atomic E-state index is 5.63. The van der Waals surface area contributed by atoms with Crippen LogP contribution in [0.15, 0.2) is 15.9 Å². The quantitative estimate of drug-likeness (QED) is 0.897. The number of furan rings is 1. The summed E-state index contributed by atoms with van der Waals surface area (Å²) in [4.78, 5) is 4.54. The van der Waals surface area contributed by atoms with E-state index in [4.69, 9.17) is 4.42 Å². The molecule has 0 aliphatic carbocycles. The van der Waals surface area contributed by atoms with Gasteiger partial charge in [0.25, 0.3) is 0 Å². The minimum absolute atomic E-state index is 0.286. The first-order chi connectivity index (χ1) is 8.60. The van der Waals surface area contributed by atoms with Crippen LogP contribution >= 0.6 is 11.3 Å². The third kappa shape index (κ3) is 3.00. The van der Waals surface area contributed by atoms with E-state index in [2.05, 4.69) is 28.7 Å². The van der Waals surface area contributed by atoms with E-state index < -0.39 is 0 Å². The van der Waals surface area contributed by atoms with Gasteiger partial charge in [-0.3, -0.25) is 0 Å². The maximum absolute atomic E-state index is 5.63. The molecule has 2 aromatic heterocycles. The molecule has 2 rings (SSSR count). The van der Waals surface area contributed by atoms with Crippen molar-refractivity contribution in [3.8, 4) is 0 Å². The van der Waals surface area contributed by atoms with Crippen molar-refractivity contribution < 1.29 is 4.42 Å². The average molecular weight is 264 g/mol. The summed E-state index contributed by atoms with van der Waals surface area (Å²) in [7, 11) is 0. The van der Waals surface area contributed by atoms with Gasteiger partial charge in [-0.1, -0.05) is 6.92 Å². The van der Waals surface area contributed by atoms with Gasteiger partial charge in [-0.05, 0) is 33.4 Å². The van der Waals surface area contributed by atoms with Crippen LogP contribution in [-0.4, -0.2) is 11.5 Å². The summed E-state index contributed by atoms with van der Waals surface area (Å²) in [5.41, 5.74) is 2.40. The fourth-order valence-electron chi connectivity index (χ4n) is 2.25. The van der Waals surface area contributed by atoms with Gasteiger partial charge in [0, 0.05) is 23.4 Å². The number of nitrogens with zero attached hydrogens (tertiary/aromatic N) is 1. The Labute approximate surface area is 112 Å². The molecule has 0 radical (unpaired) electrons. The molecule has 0 saturated carbocycles. The Bertz CT molecular complexity index is 516. The van der Waals surface area contributed by atoms with Gasteiger partial charge in [0.1, 0.15) is 11.5 Å². The third-order valence-electron chi connectivity index (χ3n) is 2.99. The van der Waals surface area contributed by atoms with Gasteiger partial charge < -0.3 is 9.73 Å². The normalized spacial score (nSPS) is 12.9. The molecule has 0 saturated heterocycles. The van der Waals surface area contributed by atoms with Crippen LogP contribution in [0.3, 0.4) is 0 Å². The van der Waals surface area contributed by atoms with Crippen LogP contribution in [-0.2, 0) is 6.42 Å². The summed E-state index contributed by atoms with van der Waals surface area (Å²) in [5, 5.41) is 6.78. The van der Waals surface area contributed by atoms with Gasteiger partial charge in [-0.15, -0.1) is 11.3 Å². The van der Waals surface area contributed by atoms with Crippen LogP contribution < -0.4 is 5.32 Å². The lowest BCUT2D eigenvalue weighted by atomic mass is 10.0. The molecule has 0 amide bonds. The number of nitrogens with one attached hydrogen (secondary N) is 1. The fraction of sp³-hybridized carbons (Fsp3) is 0.500. The molecule has 1 unspecified atom stereocenters. The van der Waals surface area contributed by atoms with Crippen LogP contribution in [0, 0.1) is 20.8 Å². The maximum Gasteiger partial charge on any atom is 0.105 e. The zero-order valence-electron chi connectivity index (χ0n) is 11.4. The molecule has 98 valence electrons. The van der Waals surface area contributed by atoms with Gasteiger partial charge in [0.05, 0.1) is 10.7 Å². The zero-order chi connectivity index (χ0) is 13.1. The molecule has 18 heavy (non-hydrogen) atoms. The highest BCUT2D eigenvalue weighted by atomic mass is 32.1. The summed E-state index contributed by atoms with van der Waals surface area (Å²) in [6, 6.07) is 2.41. The van der Waals surface area contributed by atoms with Crippen LogP contribution in [0.1, 0.15) is 40.8 Å². The topological polar surface area (TPSA) is 38.1 Å². The van der Waals surface area contributed by atoms with E-state index in [0.717, 1.165) is 35.2 Å². The van der Waals surface area contributed by atoms with E-state index in [1.165, 1.54) is 5.56 Å². The largest absolute Gasteiger partial charge is 0.466 e. The average Bonchev–Trinajstić information content (AvgIpc) is 2.84. The standard InChI is InChI=1S/C14H20N2OS/c1-5-15-14(7-12-8-18-11(4)16-12)13-6-9(2)17-10(13)3/h6,8,14-15H,5,7H2,1-4H3. The molecule has 0 bridgehead atoms. The Morgan fingerprint density at radius 2 is 2.17 bits per heavy atom. The zero-order valence-corrected chi connectivity index (χ0v) is 12.2. The van der Waals surface area contributed by atoms with E-state index in [9.17, 15) is 0 Å². The summed E-state index contributed by atoms with van der Waals surface area (Å²) in [6.45, 7) is 9.13. The Kier molecular flexibility index (Phi) is 4.19. The first kappa shape index (κ1) is 13.3. The minimum Gasteiger partial charge on any atom is -0.466 e. The van der Waals surface area contributed by atoms with Crippen molar-refractivity contribution >= 4 is 11.3 Å². The molecule has 1 N–H and O–H groups in total. The predicted octanol–water partition coefficient (Wildman–Crippen LogP) is 3.55. The van der Waals surface area contributed by atoms with Crippen molar-refractivity contribution in [1.82, 2.24) is 10.3 Å². The van der Waals surface area contributed by atoms with E-state index in [1.54, 1.807) is 11.3 Å². The van der Waals surface area contributed by atoms with Gasteiger partial charge in [0.2, 0.25) is 0 Å². The van der Waals surface area contributed by atoms with E-state index in [-0.39, 0.29) is 6.04 Å². The van der Waals surface area contributed by atoms with Crippen molar-refractivity contribution in [2.24, 2.45) is 0 Å². The molecule has 2 aromatic rings. The summed E-state index contributed by atoms with van der Waals surface area (Å²) >= 11 is 1.71. The lowest BCUT2D eigenvalue weighted by Crippen LogP contribution is -2.23. The third-order valence-corrected chi connectivity index (χ3v) is 3.81. The first-order valence-electron chi connectivity index (χ1n) is 6.31. The number of rotatable bonds is 5. The van der Waals surface area contributed by atoms with Crippen molar-refractivity contribution in [2.75, 3.05) is 6.54 Å². The van der Waals surface area contributed by atoms with Crippen LogP contribution in [0.4, 0.5) is 0 Å². The summed E-state index contributed by atoms with van der Waals surface area (Å²) in [5.74, 6) is 1.98. The highest BCUT2D eigenvalue weighted by Crippen LogP contribution is 2.25. The van der Waals surface area contributed by atoms with Crippen LogP contribution in [0.2, 0.25) is 0 Å². The summed E-state index contributed by atoms with van der Waals surface area (Å²) < 4.78 is 5.63. The van der Waals surface area contributed by atoms with E-state index in [1.807, 2.05) is 20.8 Å². The van der Waals surface area contributed by atoms with Crippen molar-refractivity contribution in [2.45, 2.75) is 40.2 Å². The molecule has 0 spiro atoms. The Hall–Kier alpha value is -1.13. The van der Waals surface area contributed by atoms with Crippen LogP contribution in [0.25, 0.3) is 0 Å². The lowest BCUT2D eigenvalue weighted by Gasteiger charge is -2.16. The van der Waals surface area contributed by atoms with Crippen molar-refractivity contribution in [3.63, 3.8) is 0 Å². The molecule has 0 fully saturated rings. The molecule has 4 heteroatoms. The number of thiazole rings is 1. The molecular weight excluding hydrogens is 244 g/mol. The van der Waals surface area contributed by atoms with Gasteiger partial charge in [-0.2, -0.15) is 0 Å². The highest BCUT2D eigenvalue weighted by Gasteiger charge is 2.17. The van der Waals surface area contributed by atoms with Crippen molar-refractivity contribution in [3.05, 3.63) is 39.2 Å². The van der Waals surface area contributed by atoms with Gasteiger partial charge >= 0.3 is 0 Å². The Morgan fingerprint density at radius 1 is 1.39 bits per heavy atom. The smallest absolute Gasteiger partial charge is 0.105 e. The molecule has 3 nitrogen and oxygen atoms in total. The van der Waals surface area contributed by atoms with Gasteiger partial charge in [-0.25, -0.2) is 4.98 Å². The number of aryl methyl sites for hydroxylation is 3. The van der Waals surface area contributed by atoms with E-state index in [0.29, 0.717) is 0 Å². The number of aromatic nitrogens is 1. The minimum atomic E-state index is 0.286. The monoisotopic (exact) mass is 264 g/mol. The first-order valence-corrected chi connectivity index (χ1v) is 7.19.